The molecule has 0 saturated carbocycles. The first-order valence-electron chi connectivity index (χ1n) is 7.33. The van der Waals surface area contributed by atoms with Crippen LogP contribution in [0.5, 0.6) is 0 Å². The summed E-state index contributed by atoms with van der Waals surface area (Å²) in [6.45, 7) is 13.5. The topological polar surface area (TPSA) is 57.0 Å². The zero-order chi connectivity index (χ0) is 14.1. The van der Waals surface area contributed by atoms with Crippen LogP contribution in [0, 0.1) is 5.41 Å². The van der Waals surface area contributed by atoms with Gasteiger partial charge in [0.05, 0.1) is 26.4 Å². The highest BCUT2D eigenvalue weighted by Gasteiger charge is 2.38. The van der Waals surface area contributed by atoms with Crippen LogP contribution in [0.15, 0.2) is 0 Å². The summed E-state index contributed by atoms with van der Waals surface area (Å²) >= 11 is 0. The molecule has 1 aliphatic heterocycles. The zero-order valence-corrected chi connectivity index (χ0v) is 12.7. The van der Waals surface area contributed by atoms with Crippen LogP contribution >= 0.6 is 0 Å². The van der Waals surface area contributed by atoms with Crippen LogP contribution in [-0.4, -0.2) is 70.2 Å². The van der Waals surface area contributed by atoms with Gasteiger partial charge in [-0.1, -0.05) is 6.92 Å². The van der Waals surface area contributed by atoms with Gasteiger partial charge in [-0.05, 0) is 13.8 Å². The number of ether oxygens (including phenoxy) is 3. The lowest BCUT2D eigenvalue weighted by atomic mass is 9.85. The van der Waals surface area contributed by atoms with Crippen LogP contribution in [0.2, 0.25) is 0 Å². The number of hydrogen-bond donors (Lipinski definition) is 1. The lowest BCUT2D eigenvalue weighted by molar-refractivity contribution is 0.0553. The van der Waals surface area contributed by atoms with Gasteiger partial charge in [-0.3, -0.25) is 4.90 Å². The number of nitrogens with two attached hydrogens (primary N) is 1. The fourth-order valence-corrected chi connectivity index (χ4v) is 2.35. The molecule has 0 bridgehead atoms. The molecule has 1 saturated heterocycles. The van der Waals surface area contributed by atoms with Gasteiger partial charge >= 0.3 is 0 Å². The predicted octanol–water partition coefficient (Wildman–Crippen LogP) is 0.725. The molecule has 0 aliphatic carbocycles. The van der Waals surface area contributed by atoms with E-state index in [1.807, 2.05) is 13.8 Å². The van der Waals surface area contributed by atoms with E-state index < -0.39 is 0 Å². The minimum atomic E-state index is 0.0401. The third kappa shape index (κ3) is 5.75. The van der Waals surface area contributed by atoms with Gasteiger partial charge in [0, 0.05) is 44.3 Å². The van der Waals surface area contributed by atoms with E-state index in [-0.39, 0.29) is 11.5 Å². The highest BCUT2D eigenvalue weighted by molar-refractivity contribution is 4.92. The Morgan fingerprint density at radius 2 is 1.79 bits per heavy atom. The standard InChI is InChI=1S/C14H30N2O3/c1-4-17-8-6-16(7-9-18-5-2)11-14(3)12-19-10-13(14)15/h13H,4-12,15H2,1-3H3. The van der Waals surface area contributed by atoms with Crippen molar-refractivity contribution in [2.75, 3.05) is 59.3 Å². The maximum absolute atomic E-state index is 6.16. The van der Waals surface area contributed by atoms with E-state index in [0.29, 0.717) is 6.61 Å². The second-order valence-corrected chi connectivity index (χ2v) is 5.45. The summed E-state index contributed by atoms with van der Waals surface area (Å²) in [7, 11) is 0. The third-order valence-corrected chi connectivity index (χ3v) is 3.72. The van der Waals surface area contributed by atoms with E-state index >= 15 is 0 Å². The van der Waals surface area contributed by atoms with Gasteiger partial charge in [-0.2, -0.15) is 0 Å². The second-order valence-electron chi connectivity index (χ2n) is 5.45. The SMILES string of the molecule is CCOCCN(CCOCC)CC1(C)COCC1N. The molecule has 0 aromatic rings. The monoisotopic (exact) mass is 274 g/mol. The van der Waals surface area contributed by atoms with Gasteiger partial charge in [-0.15, -0.1) is 0 Å². The minimum absolute atomic E-state index is 0.0401. The summed E-state index contributed by atoms with van der Waals surface area (Å²) in [5.41, 5.74) is 6.20. The molecule has 1 rings (SSSR count). The smallest absolute Gasteiger partial charge is 0.0624 e. The van der Waals surface area contributed by atoms with E-state index in [1.54, 1.807) is 0 Å². The number of rotatable bonds is 10. The van der Waals surface area contributed by atoms with Crippen molar-refractivity contribution in [3.05, 3.63) is 0 Å². The van der Waals surface area contributed by atoms with Crippen LogP contribution in [0.1, 0.15) is 20.8 Å². The summed E-state index contributed by atoms with van der Waals surface area (Å²) in [4.78, 5) is 2.37. The molecule has 1 heterocycles. The average molecular weight is 274 g/mol. The van der Waals surface area contributed by atoms with E-state index in [9.17, 15) is 0 Å². The first-order chi connectivity index (χ1) is 9.12. The van der Waals surface area contributed by atoms with Crippen molar-refractivity contribution in [1.82, 2.24) is 4.90 Å². The van der Waals surface area contributed by atoms with Crippen LogP contribution in [0.4, 0.5) is 0 Å². The molecule has 2 atom stereocenters. The Labute approximate surface area is 117 Å². The van der Waals surface area contributed by atoms with Gasteiger partial charge < -0.3 is 19.9 Å². The second kappa shape index (κ2) is 8.87. The van der Waals surface area contributed by atoms with Gasteiger partial charge in [0.1, 0.15) is 0 Å². The molecule has 19 heavy (non-hydrogen) atoms. The van der Waals surface area contributed by atoms with Crippen molar-refractivity contribution in [3.63, 3.8) is 0 Å². The van der Waals surface area contributed by atoms with Crippen molar-refractivity contribution in [2.45, 2.75) is 26.8 Å². The Bertz CT molecular complexity index is 231. The molecule has 5 nitrogen and oxygen atoms in total. The molecule has 0 spiro atoms. The lowest BCUT2D eigenvalue weighted by Gasteiger charge is -2.34. The van der Waals surface area contributed by atoms with Crippen LogP contribution in [0.25, 0.3) is 0 Å². The lowest BCUT2D eigenvalue weighted by Crippen LogP contribution is -2.48. The normalized spacial score (nSPS) is 27.3. The Hall–Kier alpha value is -0.200. The molecule has 5 heteroatoms. The summed E-state index contributed by atoms with van der Waals surface area (Å²) in [5, 5.41) is 0. The third-order valence-electron chi connectivity index (χ3n) is 3.72. The molecule has 0 aromatic heterocycles. The maximum atomic E-state index is 6.16. The molecule has 2 unspecified atom stereocenters. The fourth-order valence-electron chi connectivity index (χ4n) is 2.35. The molecule has 114 valence electrons. The van der Waals surface area contributed by atoms with Crippen LogP contribution in [-0.2, 0) is 14.2 Å². The highest BCUT2D eigenvalue weighted by Crippen LogP contribution is 2.27. The zero-order valence-electron chi connectivity index (χ0n) is 12.7. The summed E-state index contributed by atoms with van der Waals surface area (Å²) in [6.07, 6.45) is 0. The predicted molar refractivity (Wildman–Crippen MR) is 76.3 cm³/mol. The van der Waals surface area contributed by atoms with Crippen molar-refractivity contribution in [2.24, 2.45) is 11.1 Å². The molecule has 0 radical (unpaired) electrons. The fraction of sp³-hybridized carbons (Fsp3) is 1.00. The number of hydrogen-bond acceptors (Lipinski definition) is 5. The van der Waals surface area contributed by atoms with Crippen molar-refractivity contribution in [1.29, 1.82) is 0 Å². The van der Waals surface area contributed by atoms with Crippen molar-refractivity contribution >= 4 is 0 Å². The van der Waals surface area contributed by atoms with E-state index in [1.165, 1.54) is 0 Å². The van der Waals surface area contributed by atoms with Crippen molar-refractivity contribution < 1.29 is 14.2 Å². The Morgan fingerprint density at radius 1 is 1.21 bits per heavy atom. The summed E-state index contributed by atoms with van der Waals surface area (Å²) < 4.78 is 16.4. The van der Waals surface area contributed by atoms with Gasteiger partial charge in [0.2, 0.25) is 0 Å². The Balaban J connectivity index is 2.42. The van der Waals surface area contributed by atoms with Gasteiger partial charge in [-0.25, -0.2) is 0 Å². The highest BCUT2D eigenvalue weighted by atomic mass is 16.5. The molecule has 1 fully saturated rings. The van der Waals surface area contributed by atoms with Crippen LogP contribution in [0.3, 0.4) is 0 Å². The van der Waals surface area contributed by atoms with E-state index in [0.717, 1.165) is 52.7 Å². The number of nitrogens with zero attached hydrogens (tertiary/aromatic N) is 1. The molecule has 0 amide bonds. The Kier molecular flexibility index (Phi) is 7.87. The molecule has 1 aliphatic rings. The average Bonchev–Trinajstić information content (AvgIpc) is 2.70. The minimum Gasteiger partial charge on any atom is -0.380 e. The summed E-state index contributed by atoms with van der Waals surface area (Å²) in [6, 6.07) is 0.120. The van der Waals surface area contributed by atoms with Gasteiger partial charge in [0.25, 0.3) is 0 Å². The Morgan fingerprint density at radius 3 is 2.21 bits per heavy atom. The molecule has 0 aromatic carbocycles. The van der Waals surface area contributed by atoms with Gasteiger partial charge in [0.15, 0.2) is 0 Å². The van der Waals surface area contributed by atoms with E-state index in [2.05, 4.69) is 11.8 Å². The molecular weight excluding hydrogens is 244 g/mol. The summed E-state index contributed by atoms with van der Waals surface area (Å²) in [5.74, 6) is 0. The van der Waals surface area contributed by atoms with Crippen LogP contribution < -0.4 is 5.73 Å². The van der Waals surface area contributed by atoms with Crippen molar-refractivity contribution in [3.8, 4) is 0 Å². The largest absolute Gasteiger partial charge is 0.380 e. The molecular formula is C14H30N2O3. The maximum Gasteiger partial charge on any atom is 0.0624 e. The first kappa shape index (κ1) is 16.9. The quantitative estimate of drug-likeness (QED) is 0.595. The van der Waals surface area contributed by atoms with E-state index in [4.69, 9.17) is 19.9 Å². The molecule has 2 N–H and O–H groups in total. The first-order valence-corrected chi connectivity index (χ1v) is 7.33.